The van der Waals surface area contributed by atoms with Crippen LogP contribution in [0.1, 0.15) is 191 Å². The van der Waals surface area contributed by atoms with Gasteiger partial charge < -0.3 is 23.7 Å². The molecule has 17 nitrogen and oxygen atoms in total. The summed E-state index contributed by atoms with van der Waals surface area (Å²) in [6.07, 6.45) is 3.39. The summed E-state index contributed by atoms with van der Waals surface area (Å²) in [4.78, 5) is 76.7. The lowest BCUT2D eigenvalue weighted by Crippen LogP contribution is -2.26. The highest BCUT2D eigenvalue weighted by Gasteiger charge is 2.44. The van der Waals surface area contributed by atoms with Crippen molar-refractivity contribution in [2.45, 2.75) is 209 Å². The first kappa shape index (κ1) is 72.3. The molecule has 8 atom stereocenters. The predicted octanol–water partition coefficient (Wildman–Crippen LogP) is 10.6. The Bertz CT molecular complexity index is 1880. The van der Waals surface area contributed by atoms with Crippen LogP contribution in [0.2, 0.25) is 0 Å². The van der Waals surface area contributed by atoms with Gasteiger partial charge in [-0.3, -0.25) is 38.5 Å². The third-order valence-corrected chi connectivity index (χ3v) is 13.7. The number of nitriles is 4. The minimum absolute atomic E-state index is 0.0579. The maximum atomic E-state index is 11.0. The molecule has 0 aromatic rings. The minimum atomic E-state index is -0.964. The molecule has 0 aromatic carbocycles. The molecule has 4 rings (SSSR count). The van der Waals surface area contributed by atoms with Crippen molar-refractivity contribution >= 4 is 41.7 Å². The Balaban J connectivity index is -0.000000362. The highest BCUT2D eigenvalue weighted by atomic mass is 16.7. The van der Waals surface area contributed by atoms with Gasteiger partial charge in [0.2, 0.25) is 11.8 Å². The first-order valence-corrected chi connectivity index (χ1v) is 24.3. The Kier molecular flexibility index (Phi) is 31.2. The van der Waals surface area contributed by atoms with Gasteiger partial charge in [0.25, 0.3) is 0 Å². The zero-order chi connectivity index (χ0) is 57.5. The topological polar surface area (TPSA) is 264 Å². The normalized spacial score (nSPS) is 24.8. The van der Waals surface area contributed by atoms with Crippen LogP contribution in [-0.2, 0) is 57.2 Å². The Morgan fingerprint density at radius 1 is 0.620 bits per heavy atom. The molecular weight excluding hydrogens is 911 g/mol. The summed E-state index contributed by atoms with van der Waals surface area (Å²) in [5, 5.41) is 33.5. The molecule has 4 fully saturated rings. The van der Waals surface area contributed by atoms with Gasteiger partial charge in [-0.05, 0) is 98.8 Å². The largest absolute Gasteiger partial charge is 0.468 e. The molecular formula is C54H91N5O12. The predicted molar refractivity (Wildman–Crippen MR) is 269 cm³/mol. The number of carbonyl (C=O) groups is 7. The van der Waals surface area contributed by atoms with Crippen molar-refractivity contribution in [2.24, 2.45) is 56.2 Å². The number of methoxy groups -OCH3 is 1. The van der Waals surface area contributed by atoms with Gasteiger partial charge in [-0.1, -0.05) is 96.9 Å². The number of cyclic esters (lactones) is 4. The van der Waals surface area contributed by atoms with Crippen LogP contribution in [0.15, 0.2) is 0 Å². The average molecular weight is 1000 g/mol. The number of nitrogens with zero attached hydrogens (tertiary/aromatic N) is 5. The number of carbonyl (C=O) groups excluding carboxylic acids is 7. The molecule has 71 heavy (non-hydrogen) atoms. The summed E-state index contributed by atoms with van der Waals surface area (Å²) >= 11 is 0. The monoisotopic (exact) mass is 1000 g/mol. The summed E-state index contributed by atoms with van der Waals surface area (Å²) in [6, 6.07) is 7.93. The van der Waals surface area contributed by atoms with E-state index in [1.54, 1.807) is 55.4 Å². The second-order valence-electron chi connectivity index (χ2n) is 22.1. The maximum Gasteiger partial charge on any atom is 0.325 e. The van der Waals surface area contributed by atoms with Crippen LogP contribution in [0, 0.1) is 101 Å². The van der Waals surface area contributed by atoms with Gasteiger partial charge in [0.1, 0.15) is 5.41 Å². The van der Waals surface area contributed by atoms with E-state index in [0.29, 0.717) is 30.1 Å². The zero-order valence-electron chi connectivity index (χ0n) is 48.1. The lowest BCUT2D eigenvalue weighted by atomic mass is 9.71. The number of likely N-dealkylation sites (tertiary alicyclic amines) is 1. The molecule has 0 spiro atoms. The summed E-state index contributed by atoms with van der Waals surface area (Å²) in [5.74, 6) is -3.26. The van der Waals surface area contributed by atoms with E-state index in [1.807, 2.05) is 80.5 Å². The van der Waals surface area contributed by atoms with Crippen molar-refractivity contribution in [2.75, 3.05) is 14.2 Å². The Labute approximate surface area is 427 Å². The van der Waals surface area contributed by atoms with Crippen LogP contribution in [0.5, 0.6) is 0 Å². The molecule has 0 aromatic heterocycles. The smallest absolute Gasteiger partial charge is 0.325 e. The van der Waals surface area contributed by atoms with Gasteiger partial charge in [-0.25, -0.2) is 0 Å². The molecule has 0 bridgehead atoms. The highest BCUT2D eigenvalue weighted by Crippen LogP contribution is 2.37. The summed E-state index contributed by atoms with van der Waals surface area (Å²) in [6.45, 7) is 44.8. The summed E-state index contributed by atoms with van der Waals surface area (Å²) in [5.41, 5.74) is -1.51. The van der Waals surface area contributed by atoms with Crippen LogP contribution in [-0.4, -0.2) is 78.7 Å². The molecule has 4 aliphatic heterocycles. The third kappa shape index (κ3) is 25.1. The van der Waals surface area contributed by atoms with Crippen LogP contribution in [0.3, 0.4) is 0 Å². The SMILES string of the molecule is CC(C)(C)C(C)(C)C.CC1C(=O)N(C)C(=O)C1C.CC1C(=O)OC(=O)C1C.CC1OC(C)(C)OC1C.CCC(C)(C#N)C#N.CCC(C)(C#N)C(=O)OC.CCC(C)(C)C#N.CCC1(C)CC(=O)OC1=O. The molecule has 4 saturated heterocycles. The minimum Gasteiger partial charge on any atom is -0.468 e. The average Bonchev–Trinajstić information content (AvgIpc) is 3.87. The van der Waals surface area contributed by atoms with Crippen molar-refractivity contribution in [3.05, 3.63) is 0 Å². The van der Waals surface area contributed by atoms with Crippen LogP contribution >= 0.6 is 0 Å². The number of rotatable bonds is 5. The van der Waals surface area contributed by atoms with E-state index in [1.165, 1.54) is 19.1 Å². The molecule has 17 heteroatoms. The van der Waals surface area contributed by atoms with E-state index in [4.69, 9.17) is 30.5 Å². The second kappa shape index (κ2) is 30.6. The number of imide groups is 1. The number of amides is 2. The highest BCUT2D eigenvalue weighted by molar-refractivity contribution is 6.04. The van der Waals surface area contributed by atoms with E-state index in [9.17, 15) is 33.6 Å². The van der Waals surface area contributed by atoms with E-state index in [-0.39, 0.29) is 71.3 Å². The van der Waals surface area contributed by atoms with Gasteiger partial charge in [0.05, 0.1) is 72.7 Å². The van der Waals surface area contributed by atoms with Gasteiger partial charge in [0.15, 0.2) is 11.2 Å². The Morgan fingerprint density at radius 3 is 1.08 bits per heavy atom. The van der Waals surface area contributed by atoms with E-state index < -0.39 is 40.1 Å². The molecule has 0 radical (unpaired) electrons. The van der Waals surface area contributed by atoms with Gasteiger partial charge >= 0.3 is 29.8 Å². The fraction of sp³-hybridized carbons (Fsp3) is 0.796. The van der Waals surface area contributed by atoms with Crippen molar-refractivity contribution in [1.82, 2.24) is 4.90 Å². The molecule has 8 unspecified atom stereocenters. The molecule has 2 amide bonds. The quantitative estimate of drug-likeness (QED) is 0.107. The van der Waals surface area contributed by atoms with Crippen molar-refractivity contribution in [3.8, 4) is 24.3 Å². The van der Waals surface area contributed by atoms with Crippen molar-refractivity contribution < 1.29 is 57.2 Å². The second-order valence-corrected chi connectivity index (χ2v) is 22.1. The number of hydrogen-bond acceptors (Lipinski definition) is 16. The van der Waals surface area contributed by atoms with Gasteiger partial charge in [0, 0.05) is 18.9 Å². The van der Waals surface area contributed by atoms with Gasteiger partial charge in [-0.15, -0.1) is 0 Å². The molecule has 0 aliphatic carbocycles. The first-order chi connectivity index (χ1) is 31.9. The molecule has 4 heterocycles. The maximum absolute atomic E-state index is 11.0. The molecule has 0 N–H and O–H groups in total. The molecule has 4 aliphatic rings. The lowest BCUT2D eigenvalue weighted by Gasteiger charge is -2.34. The van der Waals surface area contributed by atoms with Crippen LogP contribution in [0.4, 0.5) is 0 Å². The van der Waals surface area contributed by atoms with Gasteiger partial charge in [-0.2, -0.15) is 21.0 Å². The zero-order valence-corrected chi connectivity index (χ0v) is 48.1. The fourth-order valence-electron chi connectivity index (χ4n) is 4.63. The first-order valence-electron chi connectivity index (χ1n) is 24.3. The summed E-state index contributed by atoms with van der Waals surface area (Å²) < 4.78 is 24.0. The van der Waals surface area contributed by atoms with Crippen molar-refractivity contribution in [1.29, 1.82) is 21.0 Å². The Hall–Kier alpha value is -5.23. The number of ether oxygens (including phenoxy) is 5. The summed E-state index contributed by atoms with van der Waals surface area (Å²) in [7, 11) is 2.82. The van der Waals surface area contributed by atoms with E-state index in [2.05, 4.69) is 61.8 Å². The number of hydrogen-bond donors (Lipinski definition) is 0. The standard InChI is InChI=1S/C8H18.2C7H11NO2.C7H10O3.C7H14O2.C6H8N2.C6H11N.C6H8O3/c1-7(2,3)8(4,5)6;1-4-5(2)7(10)8(3)6(4)9;1-4-7(2,5-8)6(9)10-3;1-3-7(2)4-5(8)10-6(7)9;1-5-6(2)9-7(3,4)8-5;1-3-6(2,4-7)5-8;1-4-6(2,3)5-7;1-3-4(2)6(8)9-5(3)7/h1-6H3;4-5H,1-3H3;4H2,1-3H3;3-4H2,1-2H3;5-6H,1-4H3;3H2,1-2H3;4H2,1-3H3;3-4H,1-2H3. The Morgan fingerprint density at radius 2 is 1.00 bits per heavy atom. The van der Waals surface area contributed by atoms with Crippen molar-refractivity contribution in [3.63, 3.8) is 0 Å². The lowest BCUT2D eigenvalue weighted by molar-refractivity contribution is -0.156. The van der Waals surface area contributed by atoms with E-state index in [0.717, 1.165) is 6.42 Å². The van der Waals surface area contributed by atoms with Crippen LogP contribution in [0.25, 0.3) is 0 Å². The fourth-order valence-corrected chi connectivity index (χ4v) is 4.63. The van der Waals surface area contributed by atoms with Crippen LogP contribution < -0.4 is 0 Å². The molecule has 404 valence electrons. The third-order valence-electron chi connectivity index (χ3n) is 13.7. The molecule has 0 saturated carbocycles. The number of esters is 5. The van der Waals surface area contributed by atoms with E-state index >= 15 is 0 Å².